The summed E-state index contributed by atoms with van der Waals surface area (Å²) < 4.78 is 0. The van der Waals surface area contributed by atoms with E-state index in [4.69, 9.17) is 12.2 Å². The van der Waals surface area contributed by atoms with Gasteiger partial charge in [0.15, 0.2) is 5.11 Å². The van der Waals surface area contributed by atoms with E-state index in [0.717, 1.165) is 30.0 Å². The SMILES string of the molecule is CN(C)CC(C)(C)CNC(=S)N[C@H]1C[C@H]2CC[C@H]1C2. The zero-order valence-corrected chi connectivity index (χ0v) is 13.6. The Hall–Kier alpha value is -0.350. The summed E-state index contributed by atoms with van der Waals surface area (Å²) >= 11 is 5.45. The number of fused-ring (bicyclic) bond motifs is 2. The minimum atomic E-state index is 0.240. The van der Waals surface area contributed by atoms with Gasteiger partial charge in [-0.05, 0) is 62.8 Å². The first-order chi connectivity index (χ1) is 8.85. The molecule has 2 aliphatic rings. The van der Waals surface area contributed by atoms with E-state index in [2.05, 4.69) is 43.5 Å². The first-order valence-electron chi connectivity index (χ1n) is 7.55. The third-order valence-electron chi connectivity index (χ3n) is 4.53. The Kier molecular flexibility index (Phi) is 4.72. The minimum Gasteiger partial charge on any atom is -0.362 e. The summed E-state index contributed by atoms with van der Waals surface area (Å²) in [4.78, 5) is 2.23. The molecule has 0 radical (unpaired) electrons. The van der Waals surface area contributed by atoms with E-state index in [9.17, 15) is 0 Å². The molecule has 2 rings (SSSR count). The van der Waals surface area contributed by atoms with Crippen LogP contribution in [0.2, 0.25) is 0 Å². The first-order valence-corrected chi connectivity index (χ1v) is 7.96. The van der Waals surface area contributed by atoms with E-state index >= 15 is 0 Å². The molecule has 110 valence electrons. The fourth-order valence-electron chi connectivity index (χ4n) is 3.87. The molecule has 0 amide bonds. The fourth-order valence-corrected chi connectivity index (χ4v) is 4.10. The molecule has 3 nitrogen and oxygen atoms in total. The average molecular weight is 283 g/mol. The molecule has 0 aliphatic heterocycles. The monoisotopic (exact) mass is 283 g/mol. The molecule has 0 spiro atoms. The van der Waals surface area contributed by atoms with Gasteiger partial charge >= 0.3 is 0 Å². The van der Waals surface area contributed by atoms with E-state index in [1.807, 2.05) is 0 Å². The number of nitrogens with zero attached hydrogens (tertiary/aromatic N) is 1. The number of hydrogen-bond acceptors (Lipinski definition) is 2. The molecule has 0 heterocycles. The van der Waals surface area contributed by atoms with Crippen molar-refractivity contribution in [3.8, 4) is 0 Å². The molecule has 2 saturated carbocycles. The van der Waals surface area contributed by atoms with Gasteiger partial charge < -0.3 is 15.5 Å². The highest BCUT2D eigenvalue weighted by atomic mass is 32.1. The molecule has 0 aromatic carbocycles. The van der Waals surface area contributed by atoms with E-state index < -0.39 is 0 Å². The maximum Gasteiger partial charge on any atom is 0.166 e. The fraction of sp³-hybridized carbons (Fsp3) is 0.933. The van der Waals surface area contributed by atoms with Gasteiger partial charge in [-0.2, -0.15) is 0 Å². The number of thiocarbonyl (C=S) groups is 1. The lowest BCUT2D eigenvalue weighted by atomic mass is 9.93. The maximum absolute atomic E-state index is 5.45. The number of nitrogens with one attached hydrogen (secondary N) is 2. The van der Waals surface area contributed by atoms with E-state index in [0.29, 0.717) is 6.04 Å². The quantitative estimate of drug-likeness (QED) is 0.757. The highest BCUT2D eigenvalue weighted by Gasteiger charge is 2.39. The molecule has 0 saturated heterocycles. The molecule has 0 aromatic heterocycles. The van der Waals surface area contributed by atoms with Gasteiger partial charge in [0.1, 0.15) is 0 Å². The molecule has 2 fully saturated rings. The van der Waals surface area contributed by atoms with Gasteiger partial charge in [0, 0.05) is 19.1 Å². The van der Waals surface area contributed by atoms with Crippen LogP contribution in [0, 0.1) is 17.3 Å². The predicted molar refractivity (Wildman–Crippen MR) is 85.3 cm³/mol. The Balaban J connectivity index is 1.70. The van der Waals surface area contributed by atoms with Crippen LogP contribution < -0.4 is 10.6 Å². The third kappa shape index (κ3) is 4.32. The summed E-state index contributed by atoms with van der Waals surface area (Å²) in [6.45, 7) is 6.55. The zero-order chi connectivity index (χ0) is 14.0. The normalized spacial score (nSPS) is 29.8. The smallest absolute Gasteiger partial charge is 0.166 e. The lowest BCUT2D eigenvalue weighted by Crippen LogP contribution is -2.48. The number of hydrogen-bond donors (Lipinski definition) is 2. The minimum absolute atomic E-state index is 0.240. The Morgan fingerprint density at radius 3 is 2.53 bits per heavy atom. The van der Waals surface area contributed by atoms with Crippen molar-refractivity contribution in [3.05, 3.63) is 0 Å². The second kappa shape index (κ2) is 5.96. The third-order valence-corrected chi connectivity index (χ3v) is 4.79. The molecule has 4 heteroatoms. The Morgan fingerprint density at radius 2 is 2.00 bits per heavy atom. The summed E-state index contributed by atoms with van der Waals surface area (Å²) in [5, 5.41) is 7.80. The molecule has 0 unspecified atom stereocenters. The van der Waals surface area contributed by atoms with E-state index in [-0.39, 0.29) is 5.41 Å². The van der Waals surface area contributed by atoms with Crippen molar-refractivity contribution in [1.82, 2.24) is 15.5 Å². The van der Waals surface area contributed by atoms with Gasteiger partial charge in [-0.3, -0.25) is 0 Å². The van der Waals surface area contributed by atoms with E-state index in [1.165, 1.54) is 25.7 Å². The number of rotatable bonds is 5. The molecule has 0 aromatic rings. The second-order valence-electron chi connectivity index (χ2n) is 7.51. The van der Waals surface area contributed by atoms with Crippen molar-refractivity contribution in [2.24, 2.45) is 17.3 Å². The van der Waals surface area contributed by atoms with Gasteiger partial charge in [0.25, 0.3) is 0 Å². The lowest BCUT2D eigenvalue weighted by molar-refractivity contribution is 0.241. The van der Waals surface area contributed by atoms with Crippen molar-refractivity contribution in [2.75, 3.05) is 27.2 Å². The van der Waals surface area contributed by atoms with Crippen LogP contribution in [0.1, 0.15) is 39.5 Å². The van der Waals surface area contributed by atoms with Crippen molar-refractivity contribution < 1.29 is 0 Å². The highest BCUT2D eigenvalue weighted by Crippen LogP contribution is 2.44. The Labute approximate surface area is 123 Å². The maximum atomic E-state index is 5.45. The van der Waals surface area contributed by atoms with Crippen LogP contribution in [0.4, 0.5) is 0 Å². The molecule has 2 aliphatic carbocycles. The van der Waals surface area contributed by atoms with Crippen LogP contribution in [0.3, 0.4) is 0 Å². The van der Waals surface area contributed by atoms with Crippen LogP contribution in [0.5, 0.6) is 0 Å². The van der Waals surface area contributed by atoms with Crippen LogP contribution in [-0.4, -0.2) is 43.2 Å². The van der Waals surface area contributed by atoms with Crippen molar-refractivity contribution in [1.29, 1.82) is 0 Å². The first kappa shape index (κ1) is 15.0. The Morgan fingerprint density at radius 1 is 1.26 bits per heavy atom. The van der Waals surface area contributed by atoms with Crippen molar-refractivity contribution >= 4 is 17.3 Å². The zero-order valence-electron chi connectivity index (χ0n) is 12.8. The van der Waals surface area contributed by atoms with Crippen LogP contribution in [0.25, 0.3) is 0 Å². The summed E-state index contributed by atoms with van der Waals surface area (Å²) in [6.07, 6.45) is 5.59. The summed E-state index contributed by atoms with van der Waals surface area (Å²) in [7, 11) is 4.24. The average Bonchev–Trinajstić information content (AvgIpc) is 2.86. The molecule has 3 atom stereocenters. The molecular formula is C15H29N3S. The van der Waals surface area contributed by atoms with Crippen molar-refractivity contribution in [3.63, 3.8) is 0 Å². The van der Waals surface area contributed by atoms with Gasteiger partial charge in [0.2, 0.25) is 0 Å². The molecule has 2 N–H and O–H groups in total. The largest absolute Gasteiger partial charge is 0.362 e. The van der Waals surface area contributed by atoms with Crippen LogP contribution in [-0.2, 0) is 0 Å². The van der Waals surface area contributed by atoms with Crippen molar-refractivity contribution in [2.45, 2.75) is 45.6 Å². The lowest BCUT2D eigenvalue weighted by Gasteiger charge is -2.30. The highest BCUT2D eigenvalue weighted by molar-refractivity contribution is 7.80. The Bertz CT molecular complexity index is 327. The van der Waals surface area contributed by atoms with Gasteiger partial charge in [-0.25, -0.2) is 0 Å². The second-order valence-corrected chi connectivity index (χ2v) is 7.92. The standard InChI is InChI=1S/C15H29N3S/c1-15(2,10-18(3)4)9-16-14(19)17-13-8-11-5-6-12(13)7-11/h11-13H,5-10H2,1-4H3,(H2,16,17,19)/t11-,12-,13-/m0/s1. The van der Waals surface area contributed by atoms with Crippen LogP contribution in [0.15, 0.2) is 0 Å². The summed E-state index contributed by atoms with van der Waals surface area (Å²) in [6, 6.07) is 0.635. The van der Waals surface area contributed by atoms with Gasteiger partial charge in [0.05, 0.1) is 0 Å². The summed E-state index contributed by atoms with van der Waals surface area (Å²) in [5.41, 5.74) is 0.240. The van der Waals surface area contributed by atoms with E-state index in [1.54, 1.807) is 0 Å². The molecule has 19 heavy (non-hydrogen) atoms. The van der Waals surface area contributed by atoms with Crippen LogP contribution >= 0.6 is 12.2 Å². The molecular weight excluding hydrogens is 254 g/mol. The predicted octanol–water partition coefficient (Wildman–Crippen LogP) is 2.23. The van der Waals surface area contributed by atoms with Gasteiger partial charge in [-0.15, -0.1) is 0 Å². The summed E-state index contributed by atoms with van der Waals surface area (Å²) in [5.74, 6) is 1.84. The molecule has 2 bridgehead atoms. The topological polar surface area (TPSA) is 27.3 Å². The van der Waals surface area contributed by atoms with Gasteiger partial charge in [-0.1, -0.05) is 20.3 Å².